The van der Waals surface area contributed by atoms with Gasteiger partial charge in [-0.15, -0.1) is 0 Å². The molecule has 0 aliphatic carbocycles. The van der Waals surface area contributed by atoms with Crippen LogP contribution in [0.2, 0.25) is 0 Å². The molecule has 1 heterocycles. The molecule has 0 radical (unpaired) electrons. The van der Waals surface area contributed by atoms with Gasteiger partial charge in [0.2, 0.25) is 5.55 Å². The van der Waals surface area contributed by atoms with Gasteiger partial charge in [-0.1, -0.05) is 59.7 Å². The fourth-order valence-corrected chi connectivity index (χ4v) is 10.7. The number of ether oxygens (including phenoxy) is 1. The first-order valence-electron chi connectivity index (χ1n) is 6.38. The van der Waals surface area contributed by atoms with E-state index in [0.29, 0.717) is 11.9 Å². The Morgan fingerprint density at radius 3 is 2.50 bits per heavy atom. The first-order chi connectivity index (χ1) is 9.58. The molecule has 6 heteroatoms. The van der Waals surface area contributed by atoms with Crippen molar-refractivity contribution in [3.63, 3.8) is 0 Å². The fraction of sp³-hybridized carbons (Fsp3) is 0.357. The third kappa shape index (κ3) is 3.33. The van der Waals surface area contributed by atoms with E-state index >= 15 is 0 Å². The van der Waals surface area contributed by atoms with Crippen molar-refractivity contribution in [2.75, 3.05) is 18.1 Å². The number of carbonyl (C=O) groups excluding carboxylic acids is 1. The first-order valence-corrected chi connectivity index (χ1v) is 11.3. The molecule has 0 saturated carbocycles. The van der Waals surface area contributed by atoms with Crippen LogP contribution in [0.4, 0.5) is 0 Å². The van der Waals surface area contributed by atoms with Crippen molar-refractivity contribution < 1.29 is 14.1 Å². The molecule has 1 aromatic rings. The van der Waals surface area contributed by atoms with Crippen molar-refractivity contribution in [2.24, 2.45) is 0 Å². The molecule has 1 aliphatic rings. The van der Waals surface area contributed by atoms with Gasteiger partial charge in [0.25, 0.3) is 0 Å². The summed E-state index contributed by atoms with van der Waals surface area (Å²) in [5, 5.41) is 0.495. The molecule has 2 rings (SSSR count). The van der Waals surface area contributed by atoms with E-state index in [1.165, 1.54) is 22.8 Å². The van der Waals surface area contributed by atoms with E-state index in [0.717, 1.165) is 17.1 Å². The Morgan fingerprint density at radius 1 is 1.35 bits per heavy atom. The van der Waals surface area contributed by atoms with Crippen molar-refractivity contribution in [2.45, 2.75) is 12.8 Å². The summed E-state index contributed by atoms with van der Waals surface area (Å²) in [7, 11) is 0. The fourth-order valence-electron chi connectivity index (χ4n) is 2.01. The molecule has 0 N–H and O–H groups in total. The molecular formula is C14H17O3PS2. The predicted molar refractivity (Wildman–Crippen MR) is 87.5 cm³/mol. The van der Waals surface area contributed by atoms with Crippen molar-refractivity contribution in [3.05, 3.63) is 47.8 Å². The lowest BCUT2D eigenvalue weighted by Crippen LogP contribution is -2.17. The highest BCUT2D eigenvalue weighted by atomic mass is 33.1. The predicted octanol–water partition coefficient (Wildman–Crippen LogP) is 4.52. The van der Waals surface area contributed by atoms with Crippen molar-refractivity contribution in [1.82, 2.24) is 0 Å². The zero-order valence-electron chi connectivity index (χ0n) is 11.3. The van der Waals surface area contributed by atoms with Gasteiger partial charge in [0.15, 0.2) is 0 Å². The highest BCUT2D eigenvalue weighted by molar-refractivity contribution is 8.93. The first kappa shape index (κ1) is 15.7. The molecule has 0 spiro atoms. The van der Waals surface area contributed by atoms with E-state index in [4.69, 9.17) is 4.74 Å². The minimum atomic E-state index is -2.62. The van der Waals surface area contributed by atoms with E-state index in [2.05, 4.69) is 6.58 Å². The summed E-state index contributed by atoms with van der Waals surface area (Å²) < 4.78 is 18.0. The Hall–Kier alpha value is -0.640. The maximum absolute atomic E-state index is 12.9. The van der Waals surface area contributed by atoms with Gasteiger partial charge in [0.05, 0.1) is 6.61 Å². The van der Waals surface area contributed by atoms with Crippen LogP contribution in [0.25, 0.3) is 0 Å². The molecule has 1 fully saturated rings. The second kappa shape index (κ2) is 6.88. The third-order valence-electron chi connectivity index (χ3n) is 2.95. The van der Waals surface area contributed by atoms with E-state index in [1.54, 1.807) is 6.92 Å². The smallest absolute Gasteiger partial charge is 0.318 e. The van der Waals surface area contributed by atoms with E-state index in [9.17, 15) is 9.36 Å². The van der Waals surface area contributed by atoms with Gasteiger partial charge in [0, 0.05) is 16.8 Å². The summed E-state index contributed by atoms with van der Waals surface area (Å²) in [6, 6.07) is 9.31. The van der Waals surface area contributed by atoms with Gasteiger partial charge in [-0.2, -0.15) is 0 Å². The van der Waals surface area contributed by atoms with Gasteiger partial charge in [-0.05, 0) is 12.5 Å². The SMILES string of the molecule is C=C(C(C(=O)OCC)c1ccccc1)P1(=O)SCCS1. The molecule has 0 amide bonds. The van der Waals surface area contributed by atoms with E-state index < -0.39 is 11.5 Å². The topological polar surface area (TPSA) is 43.4 Å². The molecule has 0 aromatic heterocycles. The lowest BCUT2D eigenvalue weighted by molar-refractivity contribution is -0.143. The number of carbonyl (C=O) groups is 1. The van der Waals surface area contributed by atoms with Crippen LogP contribution in [0.1, 0.15) is 18.4 Å². The molecule has 1 aromatic carbocycles. The maximum Gasteiger partial charge on any atom is 0.318 e. The average molecular weight is 328 g/mol. The summed E-state index contributed by atoms with van der Waals surface area (Å²) in [6.45, 7) is 6.06. The standard InChI is InChI=1S/C14H17O3PS2/c1-3-17-14(15)13(12-7-5-4-6-8-12)11(2)18(16)19-9-10-20-18/h4-8,13H,2-3,9-10H2,1H3. The Kier molecular flexibility index (Phi) is 5.42. The van der Waals surface area contributed by atoms with Gasteiger partial charge < -0.3 is 4.74 Å². The molecule has 0 bridgehead atoms. The Bertz CT molecular complexity index is 535. The Balaban J connectivity index is 2.34. The van der Waals surface area contributed by atoms with Gasteiger partial charge in [0.1, 0.15) is 5.92 Å². The van der Waals surface area contributed by atoms with Crippen LogP contribution in [0, 0.1) is 0 Å². The second-order valence-corrected chi connectivity index (χ2v) is 12.5. The van der Waals surface area contributed by atoms with Crippen LogP contribution in [0.5, 0.6) is 0 Å². The largest absolute Gasteiger partial charge is 0.465 e. The highest BCUT2D eigenvalue weighted by Crippen LogP contribution is 2.79. The summed E-state index contributed by atoms with van der Waals surface area (Å²) in [5.74, 6) is 0.670. The molecule has 1 aliphatic heterocycles. The number of hydrogen-bond acceptors (Lipinski definition) is 5. The Morgan fingerprint density at radius 2 is 1.95 bits per heavy atom. The van der Waals surface area contributed by atoms with E-state index in [-0.39, 0.29) is 5.97 Å². The minimum absolute atomic E-state index is 0.306. The summed E-state index contributed by atoms with van der Waals surface area (Å²) in [4.78, 5) is 12.3. The normalized spacial score (nSPS) is 18.4. The molecule has 1 atom stereocenters. The quantitative estimate of drug-likeness (QED) is 0.587. The third-order valence-corrected chi connectivity index (χ3v) is 12.1. The van der Waals surface area contributed by atoms with Gasteiger partial charge in [-0.25, -0.2) is 0 Å². The summed E-state index contributed by atoms with van der Waals surface area (Å²) >= 11 is 2.84. The summed E-state index contributed by atoms with van der Waals surface area (Å²) in [5.41, 5.74) is -1.83. The van der Waals surface area contributed by atoms with Crippen molar-refractivity contribution in [1.29, 1.82) is 0 Å². The molecule has 3 nitrogen and oxygen atoms in total. The summed E-state index contributed by atoms with van der Waals surface area (Å²) in [6.07, 6.45) is 0. The average Bonchev–Trinajstić information content (AvgIpc) is 2.89. The monoisotopic (exact) mass is 328 g/mol. The lowest BCUT2D eigenvalue weighted by atomic mass is 9.99. The van der Waals surface area contributed by atoms with Crippen LogP contribution in [-0.4, -0.2) is 24.1 Å². The maximum atomic E-state index is 12.9. The minimum Gasteiger partial charge on any atom is -0.465 e. The molecule has 20 heavy (non-hydrogen) atoms. The number of rotatable bonds is 5. The van der Waals surface area contributed by atoms with E-state index in [1.807, 2.05) is 30.3 Å². The van der Waals surface area contributed by atoms with Crippen LogP contribution < -0.4 is 0 Å². The zero-order valence-corrected chi connectivity index (χ0v) is 13.8. The number of esters is 1. The molecule has 108 valence electrons. The highest BCUT2D eigenvalue weighted by Gasteiger charge is 2.40. The number of hydrogen-bond donors (Lipinski definition) is 0. The van der Waals surface area contributed by atoms with Crippen LogP contribution in [0.3, 0.4) is 0 Å². The van der Waals surface area contributed by atoms with Gasteiger partial charge >= 0.3 is 5.97 Å². The zero-order chi connectivity index (χ0) is 14.6. The van der Waals surface area contributed by atoms with Crippen molar-refractivity contribution in [3.8, 4) is 0 Å². The lowest BCUT2D eigenvalue weighted by Gasteiger charge is -2.22. The van der Waals surface area contributed by atoms with Crippen LogP contribution in [-0.2, 0) is 14.1 Å². The van der Waals surface area contributed by atoms with Crippen LogP contribution >= 0.6 is 28.3 Å². The second-order valence-electron chi connectivity index (χ2n) is 4.25. The van der Waals surface area contributed by atoms with Gasteiger partial charge in [-0.3, -0.25) is 9.36 Å². The molecule has 1 unspecified atom stereocenters. The van der Waals surface area contributed by atoms with Crippen LogP contribution in [0.15, 0.2) is 42.2 Å². The molecule has 1 saturated heterocycles. The molecular weight excluding hydrogens is 311 g/mol. The Labute approximate surface area is 127 Å². The van der Waals surface area contributed by atoms with Crippen molar-refractivity contribution >= 4 is 34.3 Å². The number of benzene rings is 1.